The Balaban J connectivity index is 1.17. The quantitative estimate of drug-likeness (QED) is 0.509. The molecule has 2 aliphatic heterocycles. The highest BCUT2D eigenvalue weighted by Gasteiger charge is 2.49. The topological polar surface area (TPSA) is 91.9 Å². The maximum atomic E-state index is 12.7. The number of rotatable bonds is 8. The highest BCUT2D eigenvalue weighted by Crippen LogP contribution is 2.34. The van der Waals surface area contributed by atoms with Gasteiger partial charge in [-0.2, -0.15) is 0 Å². The van der Waals surface area contributed by atoms with Crippen LogP contribution in [0.5, 0.6) is 5.75 Å². The Morgan fingerprint density at radius 3 is 2.62 bits per heavy atom. The van der Waals surface area contributed by atoms with Crippen molar-refractivity contribution in [3.05, 3.63) is 77.6 Å². The minimum absolute atomic E-state index is 0.0661. The van der Waals surface area contributed by atoms with Crippen LogP contribution in [0.15, 0.2) is 60.8 Å². The van der Waals surface area contributed by atoms with Gasteiger partial charge in [-0.25, -0.2) is 4.68 Å². The lowest BCUT2D eigenvalue weighted by Gasteiger charge is -2.18. The largest absolute Gasteiger partial charge is 0.497 e. The number of fused-ring (bicyclic) bond motifs is 1. The van der Waals surface area contributed by atoms with E-state index >= 15 is 0 Å². The molecule has 0 aliphatic carbocycles. The molecule has 5 rings (SSSR count). The van der Waals surface area contributed by atoms with Crippen LogP contribution in [0, 0.1) is 0 Å². The maximum absolute atomic E-state index is 12.7. The third kappa shape index (κ3) is 4.82. The van der Waals surface area contributed by atoms with Crippen molar-refractivity contribution >= 4 is 5.91 Å². The van der Waals surface area contributed by atoms with Crippen LogP contribution in [0.4, 0.5) is 0 Å². The number of quaternary nitrogens is 1. The number of benzene rings is 2. The van der Waals surface area contributed by atoms with Crippen molar-refractivity contribution in [2.45, 2.75) is 37.4 Å². The molecule has 0 bridgehead atoms. The summed E-state index contributed by atoms with van der Waals surface area (Å²) in [5.41, 5.74) is 2.79. The zero-order valence-electron chi connectivity index (χ0n) is 19.4. The van der Waals surface area contributed by atoms with Gasteiger partial charge in [-0.05, 0) is 24.3 Å². The zero-order chi connectivity index (χ0) is 23.5. The Morgan fingerprint density at radius 2 is 1.85 bits per heavy atom. The molecule has 1 aromatic heterocycles. The molecule has 2 fully saturated rings. The van der Waals surface area contributed by atoms with E-state index < -0.39 is 0 Å². The fourth-order valence-corrected chi connectivity index (χ4v) is 4.70. The predicted octanol–water partition coefficient (Wildman–Crippen LogP) is 0.639. The molecule has 2 aromatic carbocycles. The number of amides is 1. The maximum Gasteiger partial charge on any atom is 0.251 e. The number of nitrogens with zero attached hydrogens (tertiary/aromatic N) is 3. The summed E-state index contributed by atoms with van der Waals surface area (Å²) in [4.78, 5) is 14.0. The molecule has 3 heterocycles. The van der Waals surface area contributed by atoms with Gasteiger partial charge in [0.15, 0.2) is 0 Å². The van der Waals surface area contributed by atoms with Crippen molar-refractivity contribution in [1.82, 2.24) is 20.3 Å². The summed E-state index contributed by atoms with van der Waals surface area (Å²) in [6, 6.07) is 17.2. The number of methoxy groups -OCH3 is 1. The van der Waals surface area contributed by atoms with Crippen LogP contribution in [0.2, 0.25) is 0 Å². The Kier molecular flexibility index (Phi) is 6.57. The average molecular weight is 465 g/mol. The van der Waals surface area contributed by atoms with Crippen molar-refractivity contribution in [3.8, 4) is 5.75 Å². The van der Waals surface area contributed by atoms with Crippen molar-refractivity contribution < 1.29 is 23.9 Å². The van der Waals surface area contributed by atoms with E-state index in [1.54, 1.807) is 31.4 Å². The van der Waals surface area contributed by atoms with Gasteiger partial charge in [0.25, 0.3) is 5.91 Å². The van der Waals surface area contributed by atoms with Crippen LogP contribution < -0.4 is 15.0 Å². The van der Waals surface area contributed by atoms with Gasteiger partial charge in [0.2, 0.25) is 0 Å². The van der Waals surface area contributed by atoms with E-state index in [9.17, 15) is 4.79 Å². The van der Waals surface area contributed by atoms with Crippen molar-refractivity contribution in [3.63, 3.8) is 0 Å². The summed E-state index contributed by atoms with van der Waals surface area (Å²) in [6.07, 6.45) is 1.59. The second kappa shape index (κ2) is 9.92. The van der Waals surface area contributed by atoms with Gasteiger partial charge in [0.05, 0.1) is 39.6 Å². The zero-order valence-corrected chi connectivity index (χ0v) is 19.4. The first-order valence-electron chi connectivity index (χ1n) is 11.5. The second-order valence-electron chi connectivity index (χ2n) is 8.96. The molecule has 1 unspecified atom stereocenters. The van der Waals surface area contributed by atoms with Crippen LogP contribution in [0.3, 0.4) is 0 Å². The number of carbonyl (C=O) groups excluding carboxylic acids is 1. The van der Waals surface area contributed by atoms with Crippen LogP contribution in [0.25, 0.3) is 0 Å². The third-order valence-corrected chi connectivity index (χ3v) is 6.43. The van der Waals surface area contributed by atoms with E-state index in [1.807, 2.05) is 16.9 Å². The standard InChI is InChI=1S/C25H29N5O4/c1-29(12-17-6-4-3-5-7-17)13-19-14-30(28-27-19)22-16-34-23-21(15-33-24(22)23)26-25(31)18-8-10-20(32-2)11-9-18/h3-11,14,21-24H,12-13,15-16H2,1-2H3,(H,26,31)/p+1/t21-,22-,23+,24+/m0/s1. The summed E-state index contributed by atoms with van der Waals surface area (Å²) < 4.78 is 19.1. The smallest absolute Gasteiger partial charge is 0.251 e. The lowest BCUT2D eigenvalue weighted by molar-refractivity contribution is -0.908. The minimum atomic E-state index is -0.216. The molecule has 3 aromatic rings. The summed E-state index contributed by atoms with van der Waals surface area (Å²) in [5.74, 6) is 0.555. The Hall–Kier alpha value is -3.27. The van der Waals surface area contributed by atoms with Crippen molar-refractivity contribution in [1.29, 1.82) is 0 Å². The van der Waals surface area contributed by atoms with Gasteiger partial charge in [0, 0.05) is 11.1 Å². The Morgan fingerprint density at radius 1 is 1.09 bits per heavy atom. The number of hydrogen-bond acceptors (Lipinski definition) is 6. The first kappa shape index (κ1) is 22.5. The Labute approximate surface area is 198 Å². The fraction of sp³-hybridized carbons (Fsp3) is 0.400. The van der Waals surface area contributed by atoms with Crippen LogP contribution in [-0.2, 0) is 22.6 Å². The monoisotopic (exact) mass is 464 g/mol. The molecular weight excluding hydrogens is 434 g/mol. The summed E-state index contributed by atoms with van der Waals surface area (Å²) in [7, 11) is 3.75. The van der Waals surface area contributed by atoms with E-state index in [0.717, 1.165) is 18.8 Å². The minimum Gasteiger partial charge on any atom is -0.497 e. The molecule has 9 nitrogen and oxygen atoms in total. The van der Waals surface area contributed by atoms with E-state index in [0.29, 0.717) is 24.5 Å². The lowest BCUT2D eigenvalue weighted by Crippen LogP contribution is -3.06. The molecule has 5 atom stereocenters. The molecule has 2 saturated heterocycles. The first-order chi connectivity index (χ1) is 16.6. The van der Waals surface area contributed by atoms with Gasteiger partial charge in [-0.3, -0.25) is 4.79 Å². The number of aromatic nitrogens is 3. The summed E-state index contributed by atoms with van der Waals surface area (Å²) in [5, 5.41) is 11.8. The highest BCUT2D eigenvalue weighted by molar-refractivity contribution is 5.94. The number of ether oxygens (including phenoxy) is 3. The number of carbonyl (C=O) groups is 1. The normalized spacial score (nSPS) is 24.5. The molecular formula is C25H30N5O4+. The van der Waals surface area contributed by atoms with E-state index in [2.05, 4.69) is 46.9 Å². The molecule has 2 aliphatic rings. The molecule has 0 radical (unpaired) electrons. The highest BCUT2D eigenvalue weighted by atomic mass is 16.6. The van der Waals surface area contributed by atoms with E-state index in [-0.39, 0.29) is 30.2 Å². The van der Waals surface area contributed by atoms with Crippen LogP contribution in [-0.4, -0.2) is 66.5 Å². The fourth-order valence-electron chi connectivity index (χ4n) is 4.70. The second-order valence-corrected chi connectivity index (χ2v) is 8.96. The van der Waals surface area contributed by atoms with E-state index in [4.69, 9.17) is 14.2 Å². The first-order valence-corrected chi connectivity index (χ1v) is 11.5. The van der Waals surface area contributed by atoms with Crippen LogP contribution in [0.1, 0.15) is 27.7 Å². The van der Waals surface area contributed by atoms with Crippen molar-refractivity contribution in [2.75, 3.05) is 27.4 Å². The number of nitrogens with one attached hydrogen (secondary N) is 2. The van der Waals surface area contributed by atoms with E-state index in [1.165, 1.54) is 10.5 Å². The van der Waals surface area contributed by atoms with Gasteiger partial charge in [-0.1, -0.05) is 35.5 Å². The number of hydrogen-bond donors (Lipinski definition) is 2. The van der Waals surface area contributed by atoms with Gasteiger partial charge >= 0.3 is 0 Å². The summed E-state index contributed by atoms with van der Waals surface area (Å²) in [6.45, 7) is 2.57. The molecule has 178 valence electrons. The van der Waals surface area contributed by atoms with Gasteiger partial charge in [-0.15, -0.1) is 5.10 Å². The molecule has 2 N–H and O–H groups in total. The van der Waals surface area contributed by atoms with Crippen molar-refractivity contribution in [2.24, 2.45) is 0 Å². The molecule has 1 amide bonds. The van der Waals surface area contributed by atoms with Crippen LogP contribution >= 0.6 is 0 Å². The van der Waals surface area contributed by atoms with Gasteiger partial charge < -0.3 is 24.4 Å². The molecule has 34 heavy (non-hydrogen) atoms. The third-order valence-electron chi connectivity index (χ3n) is 6.43. The molecule has 0 saturated carbocycles. The molecule has 9 heteroatoms. The average Bonchev–Trinajstić information content (AvgIpc) is 3.57. The molecule has 0 spiro atoms. The van der Waals surface area contributed by atoms with Gasteiger partial charge in [0.1, 0.15) is 42.8 Å². The summed E-state index contributed by atoms with van der Waals surface area (Å²) >= 11 is 0. The predicted molar refractivity (Wildman–Crippen MR) is 124 cm³/mol. The Bertz CT molecular complexity index is 1100. The lowest BCUT2D eigenvalue weighted by atomic mass is 10.1. The SMILES string of the molecule is COc1ccc(C(=O)N[C@H]2CO[C@H]3[C@@H]2OC[C@@H]3n2cc(C[NH+](C)Cc3ccccc3)nn2)cc1.